The van der Waals surface area contributed by atoms with E-state index in [1.165, 1.54) is 0 Å². The first-order valence-electron chi connectivity index (χ1n) is 16.3. The highest BCUT2D eigenvalue weighted by Crippen LogP contribution is 2.13. The maximum absolute atomic E-state index is 10.9. The number of benzene rings is 4. The molecule has 0 radical (unpaired) electrons. The summed E-state index contributed by atoms with van der Waals surface area (Å²) >= 11 is 0. The summed E-state index contributed by atoms with van der Waals surface area (Å²) in [4.78, 5) is 3.87. The highest BCUT2D eigenvalue weighted by Gasteiger charge is 2.21. The average Bonchev–Trinajstić information content (AvgIpc) is 3.12. The summed E-state index contributed by atoms with van der Waals surface area (Å²) in [7, 11) is 0. The molecule has 0 heterocycles. The fraction of sp³-hybridized carbons (Fsp3) is 0.368. The van der Waals surface area contributed by atoms with E-state index in [2.05, 4.69) is 0 Å². The fourth-order valence-corrected chi connectivity index (χ4v) is 5.04. The zero-order chi connectivity index (χ0) is 33.8. The quantitative estimate of drug-likeness (QED) is 0.0942. The van der Waals surface area contributed by atoms with Gasteiger partial charge in [-0.3, -0.25) is 9.80 Å². The molecule has 0 aliphatic rings. The van der Waals surface area contributed by atoms with Gasteiger partial charge in [-0.05, 0) is 48.5 Å². The molecule has 258 valence electrons. The number of rotatable bonds is 23. The zero-order valence-electron chi connectivity index (χ0n) is 27.2. The fourth-order valence-electron chi connectivity index (χ4n) is 5.04. The van der Waals surface area contributed by atoms with Crippen molar-refractivity contribution in [1.82, 2.24) is 9.80 Å². The van der Waals surface area contributed by atoms with E-state index in [9.17, 15) is 20.4 Å². The second-order valence-corrected chi connectivity index (χ2v) is 11.6. The summed E-state index contributed by atoms with van der Waals surface area (Å²) in [6.45, 7) is 2.04. The first kappa shape index (κ1) is 36.7. The number of hydrogen-bond acceptors (Lipinski definition) is 10. The minimum absolute atomic E-state index is 0.0753. The minimum atomic E-state index is -0.837. The summed E-state index contributed by atoms with van der Waals surface area (Å²) in [5.74, 6) is 2.63. The molecule has 0 saturated carbocycles. The number of para-hydroxylation sites is 4. The Balaban J connectivity index is 1.37. The van der Waals surface area contributed by atoms with Gasteiger partial charge in [0.15, 0.2) is 0 Å². The molecule has 0 unspecified atom stereocenters. The van der Waals surface area contributed by atoms with Crippen molar-refractivity contribution in [2.75, 3.05) is 65.7 Å². The summed E-state index contributed by atoms with van der Waals surface area (Å²) in [5, 5.41) is 43.6. The lowest BCUT2D eigenvalue weighted by Crippen LogP contribution is -2.48. The molecule has 4 aromatic carbocycles. The van der Waals surface area contributed by atoms with Crippen LogP contribution in [0.15, 0.2) is 121 Å². The van der Waals surface area contributed by atoms with Gasteiger partial charge in [-0.2, -0.15) is 0 Å². The number of nitrogens with zero attached hydrogens (tertiary/aromatic N) is 2. The van der Waals surface area contributed by atoms with Crippen molar-refractivity contribution in [2.24, 2.45) is 0 Å². The van der Waals surface area contributed by atoms with E-state index in [0.29, 0.717) is 36.1 Å². The highest BCUT2D eigenvalue weighted by atomic mass is 16.5. The van der Waals surface area contributed by atoms with Crippen molar-refractivity contribution in [1.29, 1.82) is 0 Å². The van der Waals surface area contributed by atoms with Gasteiger partial charge in [0.2, 0.25) is 0 Å². The second kappa shape index (κ2) is 20.9. The summed E-state index contributed by atoms with van der Waals surface area (Å²) in [6.07, 6.45) is -3.35. The SMILES string of the molecule is O[C@H](COc1ccccc1)CN(CCN(C[C@@H](O)COc1ccccc1)C[C@@H](O)COc1ccccc1)C[C@H](O)COc1ccccc1. The third-order valence-electron chi connectivity index (χ3n) is 7.35. The molecule has 4 aromatic rings. The molecule has 4 rings (SSSR count). The largest absolute Gasteiger partial charge is 0.491 e. The molecular formula is C38H48N2O8. The summed E-state index contributed by atoms with van der Waals surface area (Å²) < 4.78 is 23.1. The number of aliphatic hydroxyl groups excluding tert-OH is 4. The van der Waals surface area contributed by atoms with Crippen LogP contribution in [0.1, 0.15) is 0 Å². The lowest BCUT2D eigenvalue weighted by molar-refractivity contribution is 0.0108. The molecule has 4 N–H and O–H groups in total. The van der Waals surface area contributed by atoms with Crippen molar-refractivity contribution in [3.05, 3.63) is 121 Å². The average molecular weight is 661 g/mol. The molecule has 0 aliphatic heterocycles. The molecule has 0 fully saturated rings. The van der Waals surface area contributed by atoms with Gasteiger partial charge in [-0.25, -0.2) is 0 Å². The van der Waals surface area contributed by atoms with Crippen LogP contribution < -0.4 is 18.9 Å². The van der Waals surface area contributed by atoms with Crippen LogP contribution in [-0.2, 0) is 0 Å². The predicted octanol–water partition coefficient (Wildman–Crippen LogP) is 3.35. The summed E-state index contributed by atoms with van der Waals surface area (Å²) in [6, 6.07) is 37.1. The van der Waals surface area contributed by atoms with Crippen molar-refractivity contribution >= 4 is 0 Å². The van der Waals surface area contributed by atoms with Crippen LogP contribution in [0.4, 0.5) is 0 Å². The Hall–Kier alpha value is -4.16. The maximum Gasteiger partial charge on any atom is 0.119 e. The monoisotopic (exact) mass is 660 g/mol. The molecule has 10 heteroatoms. The number of ether oxygens (including phenoxy) is 4. The molecule has 48 heavy (non-hydrogen) atoms. The van der Waals surface area contributed by atoms with E-state index in [1.807, 2.05) is 131 Å². The molecule has 0 aromatic heterocycles. The molecule has 0 spiro atoms. The Bertz CT molecular complexity index is 1160. The van der Waals surface area contributed by atoms with E-state index in [1.54, 1.807) is 0 Å². The molecular weight excluding hydrogens is 612 g/mol. The van der Waals surface area contributed by atoms with Crippen LogP contribution in [-0.4, -0.2) is 120 Å². The van der Waals surface area contributed by atoms with Gasteiger partial charge in [-0.1, -0.05) is 72.8 Å². The molecule has 0 amide bonds. The Morgan fingerprint density at radius 2 is 0.562 bits per heavy atom. The lowest BCUT2D eigenvalue weighted by Gasteiger charge is -2.32. The van der Waals surface area contributed by atoms with Gasteiger partial charge < -0.3 is 39.4 Å². The van der Waals surface area contributed by atoms with E-state index in [-0.39, 0.29) is 52.6 Å². The van der Waals surface area contributed by atoms with Gasteiger partial charge in [0.1, 0.15) is 73.8 Å². The van der Waals surface area contributed by atoms with Gasteiger partial charge in [-0.15, -0.1) is 0 Å². The van der Waals surface area contributed by atoms with Crippen molar-refractivity contribution in [2.45, 2.75) is 24.4 Å². The van der Waals surface area contributed by atoms with Crippen LogP contribution in [0.25, 0.3) is 0 Å². The van der Waals surface area contributed by atoms with Crippen LogP contribution >= 0.6 is 0 Å². The maximum atomic E-state index is 10.9. The van der Waals surface area contributed by atoms with Gasteiger partial charge in [0, 0.05) is 39.3 Å². The topological polar surface area (TPSA) is 124 Å². The van der Waals surface area contributed by atoms with Crippen molar-refractivity contribution in [3.63, 3.8) is 0 Å². The third kappa shape index (κ3) is 14.7. The Morgan fingerprint density at radius 1 is 0.354 bits per heavy atom. The minimum Gasteiger partial charge on any atom is -0.491 e. The molecule has 0 aliphatic carbocycles. The summed E-state index contributed by atoms with van der Waals surface area (Å²) in [5.41, 5.74) is 0. The van der Waals surface area contributed by atoms with Crippen LogP contribution in [0.5, 0.6) is 23.0 Å². The molecule has 0 saturated heterocycles. The third-order valence-corrected chi connectivity index (χ3v) is 7.35. The standard InChI is InChI=1S/C38H48N2O8/c41-31(27-45-35-13-5-1-6-14-35)23-39(24-32(42)28-46-36-15-7-2-8-16-36)21-22-40(25-33(43)29-47-37-17-9-3-10-18-37)26-34(44)30-48-38-19-11-4-12-20-38/h1-20,31-34,41-44H,21-30H2/t31-,32-,33+,34+. The predicted molar refractivity (Wildman–Crippen MR) is 185 cm³/mol. The van der Waals surface area contributed by atoms with Crippen molar-refractivity contribution < 1.29 is 39.4 Å². The normalized spacial score (nSPS) is 13.9. The van der Waals surface area contributed by atoms with E-state index in [0.717, 1.165) is 0 Å². The van der Waals surface area contributed by atoms with Crippen molar-refractivity contribution in [3.8, 4) is 23.0 Å². The highest BCUT2D eigenvalue weighted by molar-refractivity contribution is 5.23. The van der Waals surface area contributed by atoms with E-state index in [4.69, 9.17) is 18.9 Å². The Kier molecular flexibility index (Phi) is 16.0. The smallest absolute Gasteiger partial charge is 0.119 e. The Morgan fingerprint density at radius 3 is 0.771 bits per heavy atom. The Labute approximate surface area is 283 Å². The molecule has 0 bridgehead atoms. The van der Waals surface area contributed by atoms with E-state index < -0.39 is 24.4 Å². The molecule has 10 nitrogen and oxygen atoms in total. The van der Waals surface area contributed by atoms with Gasteiger partial charge in [0.05, 0.1) is 0 Å². The van der Waals surface area contributed by atoms with E-state index >= 15 is 0 Å². The second-order valence-electron chi connectivity index (χ2n) is 11.6. The number of hydrogen-bond donors (Lipinski definition) is 4. The van der Waals surface area contributed by atoms with Crippen LogP contribution in [0, 0.1) is 0 Å². The van der Waals surface area contributed by atoms with Gasteiger partial charge >= 0.3 is 0 Å². The molecule has 4 atom stereocenters. The van der Waals surface area contributed by atoms with Crippen LogP contribution in [0.3, 0.4) is 0 Å². The zero-order valence-corrected chi connectivity index (χ0v) is 27.2. The lowest BCUT2D eigenvalue weighted by atomic mass is 10.2. The van der Waals surface area contributed by atoms with Crippen LogP contribution in [0.2, 0.25) is 0 Å². The number of aliphatic hydroxyl groups is 4. The first-order chi connectivity index (χ1) is 23.4. The van der Waals surface area contributed by atoms with Gasteiger partial charge in [0.25, 0.3) is 0 Å². The first-order valence-corrected chi connectivity index (χ1v) is 16.3.